The first-order chi connectivity index (χ1) is 13.1. The molecule has 0 heterocycles. The average molecular weight is 579 g/mol. The van der Waals surface area contributed by atoms with Gasteiger partial charge in [-0.3, -0.25) is 4.55 Å². The van der Waals surface area contributed by atoms with Gasteiger partial charge in [-0.25, -0.2) is 0 Å². The third kappa shape index (κ3) is 22.7. The maximum Gasteiger partial charge on any atom is 1.00 e. The molecule has 1 rings (SSSR count). The summed E-state index contributed by atoms with van der Waals surface area (Å²) < 4.78 is 57.5. The summed E-state index contributed by atoms with van der Waals surface area (Å²) in [6.07, 6.45) is 1.25. The van der Waals surface area contributed by atoms with Crippen LogP contribution in [-0.2, 0) is 29.6 Å². The molecule has 1 radical (unpaired) electrons. The van der Waals surface area contributed by atoms with Crippen LogP contribution in [0.1, 0.15) is 103 Å². The summed E-state index contributed by atoms with van der Waals surface area (Å²) in [4.78, 5) is 0. The Morgan fingerprint density at radius 3 is 0.750 bits per heavy atom. The van der Waals surface area contributed by atoms with Crippen molar-refractivity contribution in [2.45, 2.75) is 116 Å². The van der Waals surface area contributed by atoms with E-state index in [1.807, 2.05) is 41.5 Å². The smallest absolute Gasteiger partial charge is 0.358 e. The van der Waals surface area contributed by atoms with Crippen molar-refractivity contribution in [1.29, 1.82) is 0 Å². The van der Waals surface area contributed by atoms with Crippen LogP contribution in [0, 0.1) is 49.0 Å². The van der Waals surface area contributed by atoms with Crippen molar-refractivity contribution >= 4 is 10.1 Å². The maximum absolute atomic E-state index is 10.7. The standard InChI is InChI=1S/C12H18.C3H8.3C2H6.CHF3O3S.CH4.CH3.Ru/c1-7-8(2)10(4)12(6)11(5)9(7)3;1-3-2;3*1-2;2-1(3,4)8(5,6)7;;;/h1-6H3;3H2,1-2H3;3*1-2H3;(H,5,6,7);1H4;1H3;/q;;;;;;;-1;+1. The van der Waals surface area contributed by atoms with Gasteiger partial charge in [0.05, 0.1) is 0 Å². The van der Waals surface area contributed by atoms with Gasteiger partial charge in [0.15, 0.2) is 0 Å². The van der Waals surface area contributed by atoms with Gasteiger partial charge in [0.1, 0.15) is 0 Å². The van der Waals surface area contributed by atoms with E-state index in [1.165, 1.54) is 39.8 Å². The van der Waals surface area contributed by atoms with E-state index in [0.717, 1.165) is 0 Å². The van der Waals surface area contributed by atoms with E-state index in [0.29, 0.717) is 0 Å². The summed E-state index contributed by atoms with van der Waals surface area (Å²) in [5.74, 6) is 0. The Balaban J connectivity index is -0.0000000424. The second-order valence-corrected chi connectivity index (χ2v) is 6.79. The molecule has 1 N–H and O–H groups in total. The fourth-order valence-corrected chi connectivity index (χ4v) is 1.69. The van der Waals surface area contributed by atoms with Crippen molar-refractivity contribution in [3.63, 3.8) is 0 Å². The number of benzene rings is 1. The van der Waals surface area contributed by atoms with E-state index in [1.54, 1.807) is 0 Å². The quantitative estimate of drug-likeness (QED) is 0.144. The number of hydrogen-bond donors (Lipinski definition) is 1. The Kier molecular flexibility index (Phi) is 47.4. The van der Waals surface area contributed by atoms with Crippen LogP contribution in [0.4, 0.5) is 13.2 Å². The molecule has 0 bridgehead atoms. The zero-order valence-corrected chi connectivity index (χ0v) is 24.9. The van der Waals surface area contributed by atoms with Gasteiger partial charge in [-0.05, 0) is 74.9 Å². The summed E-state index contributed by atoms with van der Waals surface area (Å²) in [6, 6.07) is 0. The van der Waals surface area contributed by atoms with Crippen LogP contribution in [0.2, 0.25) is 0 Å². The first kappa shape index (κ1) is 53.1. The topological polar surface area (TPSA) is 54.4 Å². The van der Waals surface area contributed by atoms with Gasteiger partial charge in [0, 0.05) is 0 Å². The van der Waals surface area contributed by atoms with Gasteiger partial charge in [0.2, 0.25) is 0 Å². The zero-order chi connectivity index (χ0) is 25.2. The van der Waals surface area contributed by atoms with Crippen LogP contribution in [0.3, 0.4) is 0 Å². The fourth-order valence-electron chi connectivity index (χ4n) is 1.69. The third-order valence-electron chi connectivity index (χ3n) is 3.67. The van der Waals surface area contributed by atoms with Crippen molar-refractivity contribution in [3.8, 4) is 0 Å². The minimum absolute atomic E-state index is 0. The second-order valence-electron chi connectivity index (χ2n) is 5.38. The summed E-state index contributed by atoms with van der Waals surface area (Å²) in [5.41, 5.74) is 3.19. The molecule has 0 saturated carbocycles. The molecular formula is C24H52F3O3RuS. The molecule has 0 amide bonds. The monoisotopic (exact) mass is 579 g/mol. The molecule has 201 valence electrons. The normalized spacial score (nSPS) is 8.56. The number of halogens is 3. The molecule has 0 aliphatic rings. The van der Waals surface area contributed by atoms with E-state index in [4.69, 9.17) is 13.0 Å². The van der Waals surface area contributed by atoms with Crippen molar-refractivity contribution in [1.82, 2.24) is 0 Å². The minimum atomic E-state index is -5.84. The molecule has 8 heteroatoms. The molecule has 0 aromatic heterocycles. The molecule has 32 heavy (non-hydrogen) atoms. The zero-order valence-electron chi connectivity index (χ0n) is 22.4. The fraction of sp³-hybridized carbons (Fsp3) is 0.708. The number of rotatable bonds is 0. The number of hydrogen-bond acceptors (Lipinski definition) is 2. The third-order valence-corrected chi connectivity index (χ3v) is 4.25. The van der Waals surface area contributed by atoms with Crippen molar-refractivity contribution in [2.75, 3.05) is 0 Å². The molecule has 0 fully saturated rings. The second kappa shape index (κ2) is 28.6. The SMILES string of the molecule is C.CC.CC.CC.CCC.Cc1c(C)c(C)c(C)c(C)c1C.O=S(=O)(O)C(F)(F)F.[CH3-].[Ru+]. The van der Waals surface area contributed by atoms with Gasteiger partial charge in [-0.2, -0.15) is 21.6 Å². The molecule has 0 aliphatic carbocycles. The Morgan fingerprint density at radius 2 is 0.719 bits per heavy atom. The van der Waals surface area contributed by atoms with Crippen LogP contribution in [0.15, 0.2) is 0 Å². The van der Waals surface area contributed by atoms with Gasteiger partial charge >= 0.3 is 35.1 Å². The largest absolute Gasteiger partial charge is 1.00 e. The van der Waals surface area contributed by atoms with E-state index >= 15 is 0 Å². The average Bonchev–Trinajstić information content (AvgIpc) is 2.67. The van der Waals surface area contributed by atoms with Crippen molar-refractivity contribution in [2.24, 2.45) is 0 Å². The van der Waals surface area contributed by atoms with Crippen LogP contribution < -0.4 is 0 Å². The summed E-state index contributed by atoms with van der Waals surface area (Å²) >= 11 is 0. The predicted octanol–water partition coefficient (Wildman–Crippen LogP) is 9.51. The number of alkyl halides is 3. The van der Waals surface area contributed by atoms with E-state index in [9.17, 15) is 13.2 Å². The van der Waals surface area contributed by atoms with Crippen LogP contribution in [0.25, 0.3) is 0 Å². The molecule has 0 aliphatic heterocycles. The molecule has 3 nitrogen and oxygen atoms in total. The first-order valence-electron chi connectivity index (χ1n) is 10.2. The van der Waals surface area contributed by atoms with Crippen LogP contribution >= 0.6 is 0 Å². The van der Waals surface area contributed by atoms with E-state index < -0.39 is 15.6 Å². The maximum atomic E-state index is 10.7. The van der Waals surface area contributed by atoms with Gasteiger partial charge in [-0.15, -0.1) is 0 Å². The first-order valence-corrected chi connectivity index (χ1v) is 11.6. The molecule has 0 atom stereocenters. The van der Waals surface area contributed by atoms with Crippen molar-refractivity contribution in [3.05, 3.63) is 40.8 Å². The Labute approximate surface area is 212 Å². The molecule has 1 aromatic rings. The Hall–Kier alpha value is -0.457. The van der Waals surface area contributed by atoms with E-state index in [2.05, 4.69) is 55.4 Å². The van der Waals surface area contributed by atoms with Gasteiger partial charge in [0.25, 0.3) is 0 Å². The van der Waals surface area contributed by atoms with E-state index in [-0.39, 0.29) is 34.3 Å². The summed E-state index contributed by atoms with van der Waals surface area (Å²) in [6.45, 7) is 29.5. The summed E-state index contributed by atoms with van der Waals surface area (Å²) in [5, 5.41) is 0. The van der Waals surface area contributed by atoms with Crippen LogP contribution in [0.5, 0.6) is 0 Å². The molecule has 0 unspecified atom stereocenters. The Morgan fingerprint density at radius 1 is 0.656 bits per heavy atom. The molecule has 0 spiro atoms. The van der Waals surface area contributed by atoms with Crippen molar-refractivity contribution < 1.29 is 45.6 Å². The van der Waals surface area contributed by atoms with Crippen LogP contribution in [-0.4, -0.2) is 18.5 Å². The summed E-state index contributed by atoms with van der Waals surface area (Å²) in [7, 11) is -5.84. The van der Waals surface area contributed by atoms with Gasteiger partial charge in [-0.1, -0.05) is 69.2 Å². The Bertz CT molecular complexity index is 523. The minimum Gasteiger partial charge on any atom is -0.358 e. The molecule has 1 aromatic carbocycles. The molecule has 0 saturated heterocycles. The predicted molar refractivity (Wildman–Crippen MR) is 136 cm³/mol. The van der Waals surface area contributed by atoms with Gasteiger partial charge < -0.3 is 7.43 Å². The molecular weight excluding hydrogens is 526 g/mol.